The Balaban J connectivity index is 1.35. The highest BCUT2D eigenvalue weighted by Crippen LogP contribution is 2.52. The molecule has 4 heterocycles. The molecule has 0 atom stereocenters. The Bertz CT molecular complexity index is 3090. The molecular weight excluding hydrogens is 771 g/mol. The van der Waals surface area contributed by atoms with Gasteiger partial charge < -0.3 is 23.4 Å². The van der Waals surface area contributed by atoms with Crippen LogP contribution < -0.4 is 31.3 Å². The lowest BCUT2D eigenvalue weighted by Crippen LogP contribution is -2.60. The van der Waals surface area contributed by atoms with Gasteiger partial charge in [0, 0.05) is 56.7 Å². The van der Waals surface area contributed by atoms with Crippen LogP contribution in [0, 0.1) is 0 Å². The molecular formula is C57H59BN2O3. The fourth-order valence-corrected chi connectivity index (χ4v) is 9.98. The second kappa shape index (κ2) is 13.9. The summed E-state index contributed by atoms with van der Waals surface area (Å²) in [4.78, 5) is 4.87. The molecule has 0 unspecified atom stereocenters. The van der Waals surface area contributed by atoms with E-state index in [-0.39, 0.29) is 28.4 Å². The first-order valence-electron chi connectivity index (χ1n) is 22.5. The maximum atomic E-state index is 7.50. The molecule has 0 amide bonds. The molecule has 0 N–H and O–H groups in total. The van der Waals surface area contributed by atoms with Crippen molar-refractivity contribution in [2.75, 3.05) is 16.9 Å². The molecule has 5 nitrogen and oxygen atoms in total. The normalized spacial score (nSPS) is 14.0. The predicted octanol–water partition coefficient (Wildman–Crippen LogP) is 14.1. The maximum absolute atomic E-state index is 7.50. The van der Waals surface area contributed by atoms with E-state index in [1.807, 2.05) is 0 Å². The van der Waals surface area contributed by atoms with Crippen LogP contribution in [0.1, 0.15) is 105 Å². The van der Waals surface area contributed by atoms with Gasteiger partial charge in [-0.15, -0.1) is 0 Å². The average Bonchev–Trinajstić information content (AvgIpc) is 3.81. The second-order valence-electron chi connectivity index (χ2n) is 21.8. The fraction of sp³-hybridized carbons (Fsp3) is 0.298. The molecule has 6 heteroatoms. The summed E-state index contributed by atoms with van der Waals surface area (Å²) >= 11 is 0. The molecule has 2 aliphatic rings. The van der Waals surface area contributed by atoms with Gasteiger partial charge in [0.25, 0.3) is 0 Å². The van der Waals surface area contributed by atoms with Crippen molar-refractivity contribution in [2.24, 2.45) is 0 Å². The first kappa shape index (κ1) is 40.9. The SMILES string of the molecule is COc1cc2c3c(c1)N(c1ccccc1-c1ccc(C(C)(C)C)cc1)c1c(oc4c(C(C)(C)C)cccc14)B3c1oc3c(C(C)(C)C)cccc3c1N2c1ccc(C(C)(C)C)cc1. The van der Waals surface area contributed by atoms with E-state index >= 15 is 0 Å². The quantitative estimate of drug-likeness (QED) is 0.165. The minimum atomic E-state index is -0.356. The third-order valence-electron chi connectivity index (χ3n) is 13.3. The summed E-state index contributed by atoms with van der Waals surface area (Å²) in [5.74, 6) is 0.772. The Hall–Kier alpha value is -6.14. The topological polar surface area (TPSA) is 42.0 Å². The summed E-state index contributed by atoms with van der Waals surface area (Å²) < 4.78 is 21.3. The summed E-state index contributed by atoms with van der Waals surface area (Å²) in [5.41, 5.74) is 17.8. The number of hydrogen-bond acceptors (Lipinski definition) is 5. The minimum Gasteiger partial charge on any atom is -0.497 e. The number of fused-ring (bicyclic) bond motifs is 8. The highest BCUT2D eigenvalue weighted by molar-refractivity contribution is 6.99. The van der Waals surface area contributed by atoms with E-state index in [0.29, 0.717) is 0 Å². The zero-order valence-electron chi connectivity index (χ0n) is 39.2. The van der Waals surface area contributed by atoms with Crippen molar-refractivity contribution in [1.29, 1.82) is 0 Å². The molecule has 0 bridgehead atoms. The third-order valence-corrected chi connectivity index (χ3v) is 13.3. The van der Waals surface area contributed by atoms with Gasteiger partial charge in [-0.3, -0.25) is 0 Å². The molecule has 63 heavy (non-hydrogen) atoms. The van der Waals surface area contributed by atoms with Crippen molar-refractivity contribution in [1.82, 2.24) is 0 Å². The number of furan rings is 2. The largest absolute Gasteiger partial charge is 0.497 e. The Morgan fingerprint density at radius 1 is 0.476 bits per heavy atom. The van der Waals surface area contributed by atoms with Gasteiger partial charge >= 0.3 is 6.71 Å². The van der Waals surface area contributed by atoms with Gasteiger partial charge in [0.05, 0.1) is 24.2 Å². The van der Waals surface area contributed by atoms with Crippen LogP contribution >= 0.6 is 0 Å². The number of methoxy groups -OCH3 is 1. The molecule has 10 rings (SSSR count). The minimum absolute atomic E-state index is 0.000320. The highest BCUT2D eigenvalue weighted by atomic mass is 16.5. The maximum Gasteiger partial charge on any atom is 0.342 e. The molecule has 0 spiro atoms. The van der Waals surface area contributed by atoms with E-state index in [1.165, 1.54) is 22.3 Å². The van der Waals surface area contributed by atoms with Crippen molar-refractivity contribution < 1.29 is 13.6 Å². The van der Waals surface area contributed by atoms with Crippen LogP contribution in [0.25, 0.3) is 33.1 Å². The number of nitrogens with zero attached hydrogens (tertiary/aromatic N) is 2. The first-order valence-corrected chi connectivity index (χ1v) is 22.5. The molecule has 2 aliphatic heterocycles. The van der Waals surface area contributed by atoms with Crippen molar-refractivity contribution in [3.05, 3.63) is 144 Å². The lowest BCUT2D eigenvalue weighted by Gasteiger charge is -2.41. The van der Waals surface area contributed by atoms with Gasteiger partial charge in [0.2, 0.25) is 0 Å². The second-order valence-corrected chi connectivity index (χ2v) is 21.8. The molecule has 0 saturated heterocycles. The van der Waals surface area contributed by atoms with Crippen LogP contribution in [0.5, 0.6) is 5.75 Å². The van der Waals surface area contributed by atoms with Crippen LogP contribution in [0.4, 0.5) is 34.1 Å². The van der Waals surface area contributed by atoms with Gasteiger partial charge in [-0.2, -0.15) is 0 Å². The van der Waals surface area contributed by atoms with Crippen LogP contribution in [-0.2, 0) is 21.7 Å². The molecule has 8 aromatic rings. The van der Waals surface area contributed by atoms with Crippen LogP contribution in [-0.4, -0.2) is 13.8 Å². The van der Waals surface area contributed by atoms with Crippen molar-refractivity contribution >= 4 is 79.6 Å². The third kappa shape index (κ3) is 6.42. The van der Waals surface area contributed by atoms with E-state index in [9.17, 15) is 0 Å². The Morgan fingerprint density at radius 3 is 1.44 bits per heavy atom. The Morgan fingerprint density at radius 2 is 0.952 bits per heavy atom. The monoisotopic (exact) mass is 830 g/mol. The Labute approximate surface area is 373 Å². The zero-order valence-corrected chi connectivity index (χ0v) is 39.2. The molecule has 0 aliphatic carbocycles. The lowest BCUT2D eigenvalue weighted by atomic mass is 9.37. The number of hydrogen-bond donors (Lipinski definition) is 0. The molecule has 0 saturated carbocycles. The van der Waals surface area contributed by atoms with Gasteiger partial charge in [-0.1, -0.05) is 162 Å². The summed E-state index contributed by atoms with van der Waals surface area (Å²) in [7, 11) is 1.78. The molecule has 0 radical (unpaired) electrons. The number of para-hydroxylation sites is 3. The fourth-order valence-electron chi connectivity index (χ4n) is 9.98. The van der Waals surface area contributed by atoms with E-state index in [4.69, 9.17) is 13.6 Å². The smallest absolute Gasteiger partial charge is 0.342 e. The standard InChI is InChI=1S/C57H59BN2O3/c1-54(2,3)35-26-24-34(25-27-35)39-18-14-15-23-44(39)60-46-33-38(61-13)32-45-47(46)58(53-49(60)41-20-17-22-43(51(41)63-53)57(10,11)12)52-48(40-19-16-21-42(50(40)62-52)56(7,8)9)59(45)37-30-28-36(29-31-37)55(4,5)6/h14-33H,1-13H3. The van der Waals surface area contributed by atoms with Gasteiger partial charge in [-0.05, 0) is 74.1 Å². The van der Waals surface area contributed by atoms with Crippen molar-refractivity contribution in [3.8, 4) is 16.9 Å². The molecule has 0 fully saturated rings. The van der Waals surface area contributed by atoms with Gasteiger partial charge in [-0.25, -0.2) is 0 Å². The van der Waals surface area contributed by atoms with Gasteiger partial charge in [0.15, 0.2) is 0 Å². The van der Waals surface area contributed by atoms with Crippen molar-refractivity contribution in [3.63, 3.8) is 0 Å². The van der Waals surface area contributed by atoms with E-state index in [0.717, 1.165) is 89.7 Å². The summed E-state index contributed by atoms with van der Waals surface area (Å²) in [6, 6.07) is 44.7. The number of benzene rings is 6. The molecule has 2 aromatic heterocycles. The van der Waals surface area contributed by atoms with E-state index in [2.05, 4.69) is 214 Å². The number of ether oxygens (including phenoxy) is 1. The summed E-state index contributed by atoms with van der Waals surface area (Å²) in [5, 5.41) is 2.14. The number of anilines is 6. The first-order chi connectivity index (χ1) is 29.8. The van der Waals surface area contributed by atoms with E-state index < -0.39 is 0 Å². The predicted molar refractivity (Wildman–Crippen MR) is 267 cm³/mol. The molecule has 6 aromatic carbocycles. The lowest BCUT2D eigenvalue weighted by molar-refractivity contribution is 0.415. The highest BCUT2D eigenvalue weighted by Gasteiger charge is 2.51. The number of rotatable bonds is 4. The summed E-state index contributed by atoms with van der Waals surface area (Å²) in [6.45, 7) is 26.8. The Kier molecular flexibility index (Phi) is 9.05. The molecule has 318 valence electrons. The van der Waals surface area contributed by atoms with Crippen LogP contribution in [0.15, 0.2) is 130 Å². The van der Waals surface area contributed by atoms with E-state index in [1.54, 1.807) is 7.11 Å². The van der Waals surface area contributed by atoms with Crippen LogP contribution in [0.2, 0.25) is 0 Å². The van der Waals surface area contributed by atoms with Crippen molar-refractivity contribution in [2.45, 2.75) is 105 Å². The summed E-state index contributed by atoms with van der Waals surface area (Å²) in [6.07, 6.45) is 0. The van der Waals surface area contributed by atoms with Crippen LogP contribution in [0.3, 0.4) is 0 Å². The average molecular weight is 831 g/mol. The van der Waals surface area contributed by atoms with Gasteiger partial charge in [0.1, 0.15) is 28.2 Å². The zero-order chi connectivity index (χ0) is 44.5.